The Morgan fingerprint density at radius 2 is 1.91 bits per heavy atom. The van der Waals surface area contributed by atoms with E-state index in [0.29, 0.717) is 5.56 Å². The van der Waals surface area contributed by atoms with E-state index in [1.54, 1.807) is 0 Å². The zero-order valence-electron chi connectivity index (χ0n) is 18.1. The first kappa shape index (κ1) is 23.4. The fourth-order valence-corrected chi connectivity index (χ4v) is 3.23. The summed E-state index contributed by atoms with van der Waals surface area (Å²) in [5.74, 6) is -0.662. The molecule has 0 bridgehead atoms. The lowest BCUT2D eigenvalue weighted by molar-refractivity contribution is -0.385. The van der Waals surface area contributed by atoms with Crippen LogP contribution < -0.4 is 21.9 Å². The first-order valence-corrected chi connectivity index (χ1v) is 10.0. The number of H-pyrrole nitrogens is 1. The minimum atomic E-state index is -0.711. The van der Waals surface area contributed by atoms with Gasteiger partial charge in [-0.2, -0.15) is 0 Å². The number of aryl methyl sites for hydroxylation is 1. The van der Waals surface area contributed by atoms with Crippen LogP contribution in [0.2, 0.25) is 0 Å². The molecule has 1 amide bonds. The van der Waals surface area contributed by atoms with Crippen molar-refractivity contribution in [2.45, 2.75) is 20.0 Å². The summed E-state index contributed by atoms with van der Waals surface area (Å²) in [7, 11) is 1.46. The molecule has 0 fully saturated rings. The molecule has 3 rings (SSSR count). The van der Waals surface area contributed by atoms with Crippen molar-refractivity contribution in [1.82, 2.24) is 9.55 Å². The van der Waals surface area contributed by atoms with E-state index in [1.165, 1.54) is 36.8 Å². The first-order chi connectivity index (χ1) is 15.8. The van der Waals surface area contributed by atoms with Gasteiger partial charge in [-0.3, -0.25) is 29.3 Å². The predicted molar refractivity (Wildman–Crippen MR) is 123 cm³/mol. The number of ether oxygens (including phenoxy) is 1. The second-order valence-electron chi connectivity index (χ2n) is 7.18. The number of hydrogen-bond acceptors (Lipinski definition) is 7. The number of anilines is 2. The number of aromatic amines is 1. The maximum absolute atomic E-state index is 13.0. The van der Waals surface area contributed by atoms with Crippen molar-refractivity contribution in [3.63, 3.8) is 0 Å². The van der Waals surface area contributed by atoms with E-state index in [9.17, 15) is 24.5 Å². The van der Waals surface area contributed by atoms with Crippen molar-refractivity contribution >= 4 is 23.1 Å². The molecule has 172 valence electrons. The number of carbonyl (C=O) groups is 1. The van der Waals surface area contributed by atoms with Crippen LogP contribution in [0.5, 0.6) is 0 Å². The van der Waals surface area contributed by atoms with E-state index in [0.717, 1.165) is 5.56 Å². The molecule has 3 aromatic rings. The van der Waals surface area contributed by atoms with Crippen molar-refractivity contribution in [1.29, 1.82) is 0 Å². The Morgan fingerprint density at radius 1 is 1.18 bits per heavy atom. The Hall–Kier alpha value is -4.25. The number of benzene rings is 2. The number of nitro benzene ring substituents is 1. The van der Waals surface area contributed by atoms with Gasteiger partial charge in [0.1, 0.15) is 11.5 Å². The molecule has 0 spiro atoms. The zero-order chi connectivity index (χ0) is 24.0. The molecule has 2 aromatic carbocycles. The molecule has 0 aliphatic heterocycles. The molecule has 0 atom stereocenters. The molecule has 0 saturated carbocycles. The van der Waals surface area contributed by atoms with E-state index in [1.807, 2.05) is 30.3 Å². The monoisotopic (exact) mass is 453 g/mol. The number of methoxy groups -OCH3 is 1. The normalized spacial score (nSPS) is 10.6. The van der Waals surface area contributed by atoms with Gasteiger partial charge in [0.25, 0.3) is 17.2 Å². The summed E-state index contributed by atoms with van der Waals surface area (Å²) in [5, 5.41) is 16.7. The maximum atomic E-state index is 13.0. The fourth-order valence-electron chi connectivity index (χ4n) is 3.23. The summed E-state index contributed by atoms with van der Waals surface area (Å²) in [6.07, 6.45) is 0. The SMILES string of the molecule is COCCn1c(NC(=O)c2ccc([N+](=O)[O-])c(C)c2)c(NCc2ccccc2)c(=O)[nH]c1=O. The number of amides is 1. The Kier molecular flexibility index (Phi) is 7.36. The van der Waals surface area contributed by atoms with E-state index in [-0.39, 0.29) is 42.5 Å². The van der Waals surface area contributed by atoms with Crippen LogP contribution >= 0.6 is 0 Å². The van der Waals surface area contributed by atoms with Gasteiger partial charge < -0.3 is 15.4 Å². The Morgan fingerprint density at radius 3 is 2.55 bits per heavy atom. The van der Waals surface area contributed by atoms with Crippen LogP contribution in [0.4, 0.5) is 17.2 Å². The molecule has 0 aliphatic rings. The van der Waals surface area contributed by atoms with Crippen LogP contribution in [0.3, 0.4) is 0 Å². The van der Waals surface area contributed by atoms with Gasteiger partial charge in [0.15, 0.2) is 0 Å². The van der Waals surface area contributed by atoms with Gasteiger partial charge >= 0.3 is 5.69 Å². The molecule has 0 unspecified atom stereocenters. The van der Waals surface area contributed by atoms with Crippen molar-refractivity contribution < 1.29 is 14.5 Å². The number of carbonyl (C=O) groups excluding carboxylic acids is 1. The summed E-state index contributed by atoms with van der Waals surface area (Å²) >= 11 is 0. The molecule has 1 aromatic heterocycles. The van der Waals surface area contributed by atoms with Crippen molar-refractivity contribution in [3.05, 3.63) is 96.2 Å². The number of nitrogens with zero attached hydrogens (tertiary/aromatic N) is 2. The number of nitrogens with one attached hydrogen (secondary N) is 3. The van der Waals surface area contributed by atoms with Gasteiger partial charge in [0.05, 0.1) is 18.1 Å². The third-order valence-corrected chi connectivity index (χ3v) is 4.92. The highest BCUT2D eigenvalue weighted by molar-refractivity contribution is 6.05. The predicted octanol–water partition coefficient (Wildman–Crippen LogP) is 2.26. The van der Waals surface area contributed by atoms with Gasteiger partial charge in [-0.1, -0.05) is 30.3 Å². The second-order valence-corrected chi connectivity index (χ2v) is 7.18. The van der Waals surface area contributed by atoms with Gasteiger partial charge in [-0.25, -0.2) is 4.79 Å². The van der Waals surface area contributed by atoms with Crippen LogP contribution in [0.25, 0.3) is 0 Å². The highest BCUT2D eigenvalue weighted by atomic mass is 16.6. The largest absolute Gasteiger partial charge is 0.383 e. The van der Waals surface area contributed by atoms with Gasteiger partial charge in [0, 0.05) is 30.8 Å². The van der Waals surface area contributed by atoms with Crippen LogP contribution in [-0.2, 0) is 17.8 Å². The maximum Gasteiger partial charge on any atom is 0.330 e. The van der Waals surface area contributed by atoms with Crippen molar-refractivity contribution in [2.75, 3.05) is 24.4 Å². The van der Waals surface area contributed by atoms with Crippen molar-refractivity contribution in [2.24, 2.45) is 0 Å². The third kappa shape index (κ3) is 5.52. The molecule has 33 heavy (non-hydrogen) atoms. The van der Waals surface area contributed by atoms with Gasteiger partial charge in [-0.05, 0) is 24.6 Å². The summed E-state index contributed by atoms with van der Waals surface area (Å²) < 4.78 is 6.24. The lowest BCUT2D eigenvalue weighted by Crippen LogP contribution is -2.36. The lowest BCUT2D eigenvalue weighted by Gasteiger charge is -2.18. The average Bonchev–Trinajstić information content (AvgIpc) is 2.78. The Bertz CT molecular complexity index is 1280. The van der Waals surface area contributed by atoms with Crippen LogP contribution in [0.15, 0.2) is 58.1 Å². The smallest absolute Gasteiger partial charge is 0.330 e. The molecule has 11 heteroatoms. The van der Waals surface area contributed by atoms with Crippen LogP contribution in [-0.4, -0.2) is 34.1 Å². The topological polar surface area (TPSA) is 148 Å². The summed E-state index contributed by atoms with van der Waals surface area (Å²) in [4.78, 5) is 50.8. The standard InChI is InChI=1S/C22H23N5O6/c1-14-12-16(8-9-17(14)27(31)32)20(28)24-19-18(23-13-15-6-4-3-5-7-15)21(29)25-22(30)26(19)10-11-33-2/h3-9,12,23H,10-11,13H2,1-2H3,(H,24,28)(H,25,29,30). The highest BCUT2D eigenvalue weighted by Gasteiger charge is 2.20. The number of aromatic nitrogens is 2. The molecule has 11 nitrogen and oxygen atoms in total. The number of rotatable bonds is 9. The van der Waals surface area contributed by atoms with E-state index >= 15 is 0 Å². The molecule has 0 radical (unpaired) electrons. The van der Waals surface area contributed by atoms with Crippen LogP contribution in [0, 0.1) is 17.0 Å². The fraction of sp³-hybridized carbons (Fsp3) is 0.227. The van der Waals surface area contributed by atoms with Gasteiger partial charge in [0.2, 0.25) is 0 Å². The quantitative estimate of drug-likeness (QED) is 0.332. The number of nitro groups is 1. The average molecular weight is 453 g/mol. The highest BCUT2D eigenvalue weighted by Crippen LogP contribution is 2.21. The van der Waals surface area contributed by atoms with E-state index in [4.69, 9.17) is 4.74 Å². The molecular weight excluding hydrogens is 430 g/mol. The summed E-state index contributed by atoms with van der Waals surface area (Å²) in [6, 6.07) is 13.2. The van der Waals surface area contributed by atoms with Gasteiger partial charge in [-0.15, -0.1) is 0 Å². The molecule has 1 heterocycles. The zero-order valence-corrected chi connectivity index (χ0v) is 18.1. The lowest BCUT2D eigenvalue weighted by atomic mass is 10.1. The molecule has 3 N–H and O–H groups in total. The Balaban J connectivity index is 2.00. The van der Waals surface area contributed by atoms with E-state index in [2.05, 4.69) is 15.6 Å². The van der Waals surface area contributed by atoms with Crippen LogP contribution in [0.1, 0.15) is 21.5 Å². The summed E-state index contributed by atoms with van der Waals surface area (Å²) in [5.41, 5.74) is -0.200. The molecule has 0 aliphatic carbocycles. The minimum absolute atomic E-state index is 0.00143. The third-order valence-electron chi connectivity index (χ3n) is 4.92. The number of hydrogen-bond donors (Lipinski definition) is 3. The Labute approximate surface area is 188 Å². The summed E-state index contributed by atoms with van der Waals surface area (Å²) in [6.45, 7) is 2.01. The minimum Gasteiger partial charge on any atom is -0.383 e. The second kappa shape index (κ2) is 10.4. The molecule has 0 saturated heterocycles. The van der Waals surface area contributed by atoms with E-state index < -0.39 is 22.1 Å². The molecular formula is C22H23N5O6. The van der Waals surface area contributed by atoms with Crippen molar-refractivity contribution in [3.8, 4) is 0 Å². The first-order valence-electron chi connectivity index (χ1n) is 10.0.